The zero-order valence-corrected chi connectivity index (χ0v) is 14.4. The Hall–Kier alpha value is -1.73. The number of aliphatic imine (C=N–C) groups is 1. The zero-order valence-electron chi connectivity index (χ0n) is 14.4. The van der Waals surface area contributed by atoms with Crippen LogP contribution in [0.15, 0.2) is 23.2 Å². The van der Waals surface area contributed by atoms with Crippen LogP contribution in [-0.4, -0.2) is 58.3 Å². The summed E-state index contributed by atoms with van der Waals surface area (Å²) in [6, 6.07) is 3.49. The second-order valence-corrected chi connectivity index (χ2v) is 5.57. The third-order valence-corrected chi connectivity index (χ3v) is 3.44. The normalized spacial score (nSPS) is 14.7. The largest absolute Gasteiger partial charge is 0.383 e. The Morgan fingerprint density at radius 1 is 1.30 bits per heavy atom. The van der Waals surface area contributed by atoms with Crippen LogP contribution in [-0.2, 0) is 4.74 Å². The van der Waals surface area contributed by atoms with Gasteiger partial charge in [0.05, 0.1) is 12.6 Å². The number of nitrogens with one attached hydrogen (secondary N) is 2. The van der Waals surface area contributed by atoms with Crippen molar-refractivity contribution >= 4 is 5.96 Å². The molecule has 0 saturated carbocycles. The van der Waals surface area contributed by atoms with E-state index in [2.05, 4.69) is 15.6 Å². The molecular formula is C16H26F2N4O. The molecular weight excluding hydrogens is 302 g/mol. The summed E-state index contributed by atoms with van der Waals surface area (Å²) in [6.07, 6.45) is 0. The van der Waals surface area contributed by atoms with Crippen LogP contribution < -0.4 is 10.6 Å². The van der Waals surface area contributed by atoms with Crippen LogP contribution in [0.3, 0.4) is 0 Å². The van der Waals surface area contributed by atoms with Gasteiger partial charge >= 0.3 is 0 Å². The predicted octanol–water partition coefficient (Wildman–Crippen LogP) is 1.77. The van der Waals surface area contributed by atoms with Gasteiger partial charge in [-0.15, -0.1) is 0 Å². The molecule has 2 N–H and O–H groups in total. The van der Waals surface area contributed by atoms with E-state index in [1.807, 2.05) is 6.92 Å². The molecule has 1 aromatic carbocycles. The van der Waals surface area contributed by atoms with Crippen molar-refractivity contribution < 1.29 is 13.5 Å². The molecule has 2 unspecified atom stereocenters. The van der Waals surface area contributed by atoms with Crippen LogP contribution in [0.2, 0.25) is 0 Å². The summed E-state index contributed by atoms with van der Waals surface area (Å²) < 4.78 is 33.1. The van der Waals surface area contributed by atoms with E-state index in [1.54, 1.807) is 33.2 Å². The maximum Gasteiger partial charge on any atom is 0.191 e. The van der Waals surface area contributed by atoms with E-state index in [0.29, 0.717) is 19.1 Å². The van der Waals surface area contributed by atoms with Crippen LogP contribution >= 0.6 is 0 Å². The van der Waals surface area contributed by atoms with E-state index < -0.39 is 17.7 Å². The highest BCUT2D eigenvalue weighted by Crippen LogP contribution is 2.23. The number of guanidine groups is 1. The number of halogens is 2. The molecule has 7 heteroatoms. The number of methoxy groups -OCH3 is 1. The van der Waals surface area contributed by atoms with E-state index in [1.165, 1.54) is 18.2 Å². The van der Waals surface area contributed by atoms with E-state index >= 15 is 0 Å². The van der Waals surface area contributed by atoms with Crippen LogP contribution in [0.1, 0.15) is 18.5 Å². The van der Waals surface area contributed by atoms with Crippen LogP contribution in [0, 0.1) is 11.6 Å². The third kappa shape index (κ3) is 5.76. The number of hydrogen-bond acceptors (Lipinski definition) is 3. The maximum absolute atomic E-state index is 14.0. The fourth-order valence-electron chi connectivity index (χ4n) is 2.28. The Labute approximate surface area is 136 Å². The Bertz CT molecular complexity index is 503. The lowest BCUT2D eigenvalue weighted by molar-refractivity contribution is 0.178. The first-order valence-corrected chi connectivity index (χ1v) is 7.47. The number of hydrogen-bond donors (Lipinski definition) is 2. The van der Waals surface area contributed by atoms with Gasteiger partial charge in [0, 0.05) is 32.3 Å². The van der Waals surface area contributed by atoms with Gasteiger partial charge in [0.15, 0.2) is 5.96 Å². The van der Waals surface area contributed by atoms with Gasteiger partial charge in [-0.1, -0.05) is 6.07 Å². The van der Waals surface area contributed by atoms with Gasteiger partial charge in [-0.2, -0.15) is 0 Å². The molecule has 0 amide bonds. The third-order valence-electron chi connectivity index (χ3n) is 3.44. The Balaban J connectivity index is 2.81. The molecule has 0 heterocycles. The van der Waals surface area contributed by atoms with Gasteiger partial charge in [0.1, 0.15) is 11.6 Å². The summed E-state index contributed by atoms with van der Waals surface area (Å²) in [5.41, 5.74) is 0.0467. The standard InChI is InChI=1S/C16H26F2N4O/c1-11(10-23-5)21-16(19-2)20-9-14(22(3)4)15-12(17)7-6-8-13(15)18/h6-8,11,14H,9-10H2,1-5H3,(H2,19,20,21). The van der Waals surface area contributed by atoms with Crippen LogP contribution in [0.25, 0.3) is 0 Å². The number of benzene rings is 1. The second-order valence-electron chi connectivity index (χ2n) is 5.57. The molecule has 0 aromatic heterocycles. The van der Waals surface area contributed by atoms with Gasteiger partial charge in [-0.05, 0) is 33.2 Å². The van der Waals surface area contributed by atoms with Crippen molar-refractivity contribution in [3.63, 3.8) is 0 Å². The van der Waals surface area contributed by atoms with Gasteiger partial charge in [-0.25, -0.2) is 8.78 Å². The Morgan fingerprint density at radius 2 is 1.91 bits per heavy atom. The molecule has 0 bridgehead atoms. The van der Waals surface area contributed by atoms with Gasteiger partial charge in [-0.3, -0.25) is 4.99 Å². The average molecular weight is 328 g/mol. The quantitative estimate of drug-likeness (QED) is 0.592. The zero-order chi connectivity index (χ0) is 17.4. The molecule has 0 aliphatic heterocycles. The molecule has 5 nitrogen and oxygen atoms in total. The molecule has 1 aromatic rings. The molecule has 0 fully saturated rings. The number of rotatable bonds is 7. The smallest absolute Gasteiger partial charge is 0.191 e. The topological polar surface area (TPSA) is 48.9 Å². The van der Waals surface area contributed by atoms with Crippen molar-refractivity contribution in [1.29, 1.82) is 0 Å². The van der Waals surface area contributed by atoms with Gasteiger partial charge < -0.3 is 20.3 Å². The maximum atomic E-state index is 14.0. The lowest BCUT2D eigenvalue weighted by Gasteiger charge is -2.27. The second kappa shape index (κ2) is 9.42. The molecule has 0 aliphatic carbocycles. The van der Waals surface area contributed by atoms with Crippen molar-refractivity contribution in [3.8, 4) is 0 Å². The van der Waals surface area contributed by atoms with E-state index in [9.17, 15) is 8.78 Å². The number of likely N-dealkylation sites (N-methyl/N-ethyl adjacent to an activating group) is 1. The molecule has 1 rings (SSSR count). The van der Waals surface area contributed by atoms with Gasteiger partial charge in [0.25, 0.3) is 0 Å². The Morgan fingerprint density at radius 3 is 2.39 bits per heavy atom. The lowest BCUT2D eigenvalue weighted by Crippen LogP contribution is -2.46. The summed E-state index contributed by atoms with van der Waals surface area (Å²) >= 11 is 0. The van der Waals surface area contributed by atoms with Crippen LogP contribution in [0.5, 0.6) is 0 Å². The number of ether oxygens (including phenoxy) is 1. The Kier molecular flexibility index (Phi) is 7.91. The summed E-state index contributed by atoms with van der Waals surface area (Å²) in [7, 11) is 6.82. The van der Waals surface area contributed by atoms with E-state index in [0.717, 1.165) is 0 Å². The summed E-state index contributed by atoms with van der Waals surface area (Å²) in [5.74, 6) is -0.555. The van der Waals surface area contributed by atoms with E-state index in [-0.39, 0.29) is 11.6 Å². The van der Waals surface area contributed by atoms with Crippen molar-refractivity contribution in [2.45, 2.75) is 19.0 Å². The minimum atomic E-state index is -0.554. The minimum Gasteiger partial charge on any atom is -0.383 e. The average Bonchev–Trinajstić information content (AvgIpc) is 2.48. The highest BCUT2D eigenvalue weighted by atomic mass is 19.1. The molecule has 23 heavy (non-hydrogen) atoms. The summed E-state index contributed by atoms with van der Waals surface area (Å²) in [6.45, 7) is 2.79. The predicted molar refractivity (Wildman–Crippen MR) is 88.6 cm³/mol. The summed E-state index contributed by atoms with van der Waals surface area (Å²) in [5, 5.41) is 6.25. The van der Waals surface area contributed by atoms with Gasteiger partial charge in [0.2, 0.25) is 0 Å². The minimum absolute atomic E-state index is 0.0467. The molecule has 0 aliphatic rings. The lowest BCUT2D eigenvalue weighted by atomic mass is 10.0. The molecule has 0 saturated heterocycles. The van der Waals surface area contributed by atoms with Crippen LogP contribution in [0.4, 0.5) is 8.78 Å². The summed E-state index contributed by atoms with van der Waals surface area (Å²) in [4.78, 5) is 5.88. The molecule has 2 atom stereocenters. The number of nitrogens with zero attached hydrogens (tertiary/aromatic N) is 2. The molecule has 130 valence electrons. The van der Waals surface area contributed by atoms with Crippen molar-refractivity contribution in [1.82, 2.24) is 15.5 Å². The first kappa shape index (κ1) is 19.3. The first-order chi connectivity index (χ1) is 10.9. The van der Waals surface area contributed by atoms with Crippen molar-refractivity contribution in [2.75, 3.05) is 41.4 Å². The fraction of sp³-hybridized carbons (Fsp3) is 0.562. The highest BCUT2D eigenvalue weighted by Gasteiger charge is 2.22. The fourth-order valence-corrected chi connectivity index (χ4v) is 2.28. The highest BCUT2D eigenvalue weighted by molar-refractivity contribution is 5.80. The van der Waals surface area contributed by atoms with Crippen molar-refractivity contribution in [3.05, 3.63) is 35.4 Å². The van der Waals surface area contributed by atoms with E-state index in [4.69, 9.17) is 4.74 Å². The monoisotopic (exact) mass is 328 g/mol. The molecule has 0 radical (unpaired) electrons. The SMILES string of the molecule is CN=C(NCC(c1c(F)cccc1F)N(C)C)NC(C)COC. The molecule has 0 spiro atoms. The van der Waals surface area contributed by atoms with Crippen molar-refractivity contribution in [2.24, 2.45) is 4.99 Å². The first-order valence-electron chi connectivity index (χ1n) is 7.47.